The average Bonchev–Trinajstić information content (AvgIpc) is 2.42. The average molecular weight is 344 g/mol. The fourth-order valence-electron chi connectivity index (χ4n) is 2.12. The summed E-state index contributed by atoms with van der Waals surface area (Å²) in [6, 6.07) is 4.54. The summed E-state index contributed by atoms with van der Waals surface area (Å²) in [5, 5.41) is 0. The first-order valence-electron chi connectivity index (χ1n) is 6.65. The van der Waals surface area contributed by atoms with Crippen molar-refractivity contribution in [1.82, 2.24) is 4.98 Å². The van der Waals surface area contributed by atoms with Crippen LogP contribution in [-0.4, -0.2) is 13.4 Å². The van der Waals surface area contributed by atoms with E-state index in [-0.39, 0.29) is 11.3 Å². The Labute approximate surface area is 132 Å². The highest BCUT2D eigenvalue weighted by Crippen LogP contribution is 2.33. The normalized spacial score (nSPS) is 12.3. The summed E-state index contributed by atoms with van der Waals surface area (Å²) < 4.78 is 65.9. The van der Waals surface area contributed by atoms with Crippen LogP contribution in [0.3, 0.4) is 0 Å². The second kappa shape index (κ2) is 5.84. The predicted molar refractivity (Wildman–Crippen MR) is 80.7 cm³/mol. The Morgan fingerprint density at radius 2 is 1.70 bits per heavy atom. The molecule has 0 bridgehead atoms. The van der Waals surface area contributed by atoms with Crippen molar-refractivity contribution in [3.05, 3.63) is 52.8 Å². The molecule has 23 heavy (non-hydrogen) atoms. The van der Waals surface area contributed by atoms with Crippen LogP contribution in [0.1, 0.15) is 22.4 Å². The third kappa shape index (κ3) is 3.64. The molecule has 4 nitrogen and oxygen atoms in total. The number of halogens is 3. The molecule has 0 aliphatic rings. The summed E-state index contributed by atoms with van der Waals surface area (Å²) in [4.78, 5) is 3.54. The topological polar surface area (TPSA) is 59.1 Å². The van der Waals surface area contributed by atoms with Crippen LogP contribution in [0.25, 0.3) is 0 Å². The Bertz CT molecular complexity index is 826. The maximum atomic E-state index is 12.9. The molecular formula is C15H15F3N2O2S. The van der Waals surface area contributed by atoms with E-state index in [1.54, 1.807) is 19.9 Å². The molecule has 1 N–H and O–H groups in total. The summed E-state index contributed by atoms with van der Waals surface area (Å²) in [5.74, 6) is 0. The predicted octanol–water partition coefficient (Wildman–Crippen LogP) is 3.83. The molecule has 0 amide bonds. The highest BCUT2D eigenvalue weighted by atomic mass is 32.2. The smallest absolute Gasteiger partial charge is 0.278 e. The largest absolute Gasteiger partial charge is 0.416 e. The van der Waals surface area contributed by atoms with Crippen molar-refractivity contribution in [3.63, 3.8) is 0 Å². The van der Waals surface area contributed by atoms with E-state index in [1.165, 1.54) is 13.1 Å². The van der Waals surface area contributed by atoms with Gasteiger partial charge in [-0.05, 0) is 50.1 Å². The first-order chi connectivity index (χ1) is 10.5. The van der Waals surface area contributed by atoms with Crippen LogP contribution in [-0.2, 0) is 16.2 Å². The van der Waals surface area contributed by atoms with Crippen LogP contribution < -0.4 is 4.72 Å². The van der Waals surface area contributed by atoms with Crippen molar-refractivity contribution < 1.29 is 21.6 Å². The second-order valence-electron chi connectivity index (χ2n) is 5.17. The number of hydrogen-bond donors (Lipinski definition) is 1. The van der Waals surface area contributed by atoms with E-state index in [9.17, 15) is 21.6 Å². The van der Waals surface area contributed by atoms with E-state index in [4.69, 9.17) is 0 Å². The van der Waals surface area contributed by atoms with Crippen LogP contribution >= 0.6 is 0 Å². The number of alkyl halides is 3. The van der Waals surface area contributed by atoms with Crippen molar-refractivity contribution >= 4 is 15.7 Å². The van der Waals surface area contributed by atoms with Gasteiger partial charge in [0.25, 0.3) is 10.0 Å². The summed E-state index contributed by atoms with van der Waals surface area (Å²) in [6.07, 6.45) is -3.09. The third-order valence-corrected chi connectivity index (χ3v) is 4.76. The molecule has 0 saturated heterocycles. The van der Waals surface area contributed by atoms with Crippen LogP contribution in [0, 0.1) is 20.8 Å². The zero-order chi connectivity index (χ0) is 17.4. The number of aromatic nitrogens is 1. The number of nitrogens with zero attached hydrogens (tertiary/aromatic N) is 1. The Balaban J connectivity index is 2.49. The molecule has 0 saturated carbocycles. The van der Waals surface area contributed by atoms with E-state index in [1.807, 2.05) is 0 Å². The quantitative estimate of drug-likeness (QED) is 0.921. The molecule has 1 aromatic heterocycles. The number of aryl methyl sites for hydroxylation is 3. The maximum Gasteiger partial charge on any atom is 0.416 e. The lowest BCUT2D eigenvalue weighted by atomic mass is 10.1. The van der Waals surface area contributed by atoms with E-state index in [2.05, 4.69) is 9.71 Å². The lowest BCUT2D eigenvalue weighted by Crippen LogP contribution is -2.17. The summed E-state index contributed by atoms with van der Waals surface area (Å²) in [7, 11) is -4.15. The zero-order valence-corrected chi connectivity index (χ0v) is 13.5. The molecule has 0 aliphatic carbocycles. The van der Waals surface area contributed by atoms with Gasteiger partial charge in [-0.1, -0.05) is 6.07 Å². The first-order valence-corrected chi connectivity index (χ1v) is 8.13. The van der Waals surface area contributed by atoms with Crippen LogP contribution in [0.5, 0.6) is 0 Å². The van der Waals surface area contributed by atoms with E-state index in [0.29, 0.717) is 17.3 Å². The standard InChI is InChI=1S/C15H15F3N2O2S/c1-9-4-5-12(8-13(9)15(16,17)18)23(21,22)20-14-10(2)6-7-19-11(14)3/h4-8,20H,1-3H3. The number of sulfonamides is 1. The minimum Gasteiger partial charge on any atom is -0.278 e. The molecule has 1 aromatic carbocycles. The van der Waals surface area contributed by atoms with Gasteiger partial charge in [0.15, 0.2) is 0 Å². The molecule has 0 fully saturated rings. The van der Waals surface area contributed by atoms with Gasteiger partial charge in [0.05, 0.1) is 21.8 Å². The highest BCUT2D eigenvalue weighted by Gasteiger charge is 2.33. The minimum absolute atomic E-state index is 0.0369. The summed E-state index contributed by atoms with van der Waals surface area (Å²) >= 11 is 0. The van der Waals surface area contributed by atoms with E-state index < -0.39 is 26.7 Å². The molecular weight excluding hydrogens is 329 g/mol. The van der Waals surface area contributed by atoms with Gasteiger partial charge in [-0.15, -0.1) is 0 Å². The van der Waals surface area contributed by atoms with Gasteiger partial charge in [0.1, 0.15) is 0 Å². The Morgan fingerprint density at radius 1 is 1.04 bits per heavy atom. The number of anilines is 1. The fourth-order valence-corrected chi connectivity index (χ4v) is 3.33. The number of hydrogen-bond acceptors (Lipinski definition) is 3. The number of pyridine rings is 1. The van der Waals surface area contributed by atoms with Gasteiger partial charge in [-0.3, -0.25) is 9.71 Å². The highest BCUT2D eigenvalue weighted by molar-refractivity contribution is 7.92. The molecule has 0 radical (unpaired) electrons. The Morgan fingerprint density at radius 3 is 2.26 bits per heavy atom. The van der Waals surface area contributed by atoms with Crippen molar-refractivity contribution in [2.45, 2.75) is 31.8 Å². The lowest BCUT2D eigenvalue weighted by molar-refractivity contribution is -0.138. The SMILES string of the molecule is Cc1ccc(S(=O)(=O)Nc2c(C)ccnc2C)cc1C(F)(F)F. The zero-order valence-electron chi connectivity index (χ0n) is 12.7. The first kappa shape index (κ1) is 17.3. The van der Waals surface area contributed by atoms with Gasteiger partial charge >= 0.3 is 6.18 Å². The van der Waals surface area contributed by atoms with Gasteiger partial charge in [0.2, 0.25) is 0 Å². The van der Waals surface area contributed by atoms with E-state index in [0.717, 1.165) is 12.1 Å². The van der Waals surface area contributed by atoms with Crippen molar-refractivity contribution in [2.75, 3.05) is 4.72 Å². The van der Waals surface area contributed by atoms with Crippen LogP contribution in [0.15, 0.2) is 35.4 Å². The minimum atomic E-state index is -4.62. The Kier molecular flexibility index (Phi) is 4.39. The molecule has 0 spiro atoms. The van der Waals surface area contributed by atoms with Gasteiger partial charge in [0, 0.05) is 6.20 Å². The molecule has 0 atom stereocenters. The van der Waals surface area contributed by atoms with E-state index >= 15 is 0 Å². The van der Waals surface area contributed by atoms with Crippen LogP contribution in [0.2, 0.25) is 0 Å². The molecule has 0 aliphatic heterocycles. The molecule has 1 heterocycles. The van der Waals surface area contributed by atoms with Crippen molar-refractivity contribution in [1.29, 1.82) is 0 Å². The van der Waals surface area contributed by atoms with Crippen molar-refractivity contribution in [3.8, 4) is 0 Å². The molecule has 0 unspecified atom stereocenters. The Hall–Kier alpha value is -2.09. The fraction of sp³-hybridized carbons (Fsp3) is 0.267. The summed E-state index contributed by atoms with van der Waals surface area (Å²) in [6.45, 7) is 4.58. The van der Waals surface area contributed by atoms with Crippen LogP contribution in [0.4, 0.5) is 18.9 Å². The van der Waals surface area contributed by atoms with Gasteiger partial charge in [-0.2, -0.15) is 13.2 Å². The van der Waals surface area contributed by atoms with Gasteiger partial charge in [-0.25, -0.2) is 8.42 Å². The number of benzene rings is 1. The second-order valence-corrected chi connectivity index (χ2v) is 6.85. The molecule has 2 rings (SSSR count). The van der Waals surface area contributed by atoms with Gasteiger partial charge < -0.3 is 0 Å². The molecule has 8 heteroatoms. The number of rotatable bonds is 3. The molecule has 124 valence electrons. The monoisotopic (exact) mass is 344 g/mol. The number of nitrogens with one attached hydrogen (secondary N) is 1. The van der Waals surface area contributed by atoms with Crippen molar-refractivity contribution in [2.24, 2.45) is 0 Å². The maximum absolute atomic E-state index is 12.9. The summed E-state index contributed by atoms with van der Waals surface area (Å²) in [5.41, 5.74) is 0.327. The third-order valence-electron chi connectivity index (χ3n) is 3.41. The lowest BCUT2D eigenvalue weighted by Gasteiger charge is -2.15. The molecule has 2 aromatic rings.